The first-order valence-electron chi connectivity index (χ1n) is 8.60. The Bertz CT molecular complexity index is 835. The van der Waals surface area contributed by atoms with E-state index in [1.807, 2.05) is 26.8 Å². The summed E-state index contributed by atoms with van der Waals surface area (Å²) in [6.07, 6.45) is 1.07. The van der Waals surface area contributed by atoms with E-state index in [-0.39, 0.29) is 32.9 Å². The molecule has 1 aromatic carbocycles. The maximum Gasteiger partial charge on any atom is 0.417 e. The van der Waals surface area contributed by atoms with Crippen molar-refractivity contribution in [3.8, 4) is 6.19 Å². The third kappa shape index (κ3) is 5.43. The summed E-state index contributed by atoms with van der Waals surface area (Å²) in [6, 6.07) is 2.32. The molecule has 28 heavy (non-hydrogen) atoms. The molecule has 0 radical (unpaired) electrons. The van der Waals surface area contributed by atoms with E-state index in [9.17, 15) is 13.2 Å². The van der Waals surface area contributed by atoms with Gasteiger partial charge in [0.2, 0.25) is 0 Å². The predicted octanol–water partition coefficient (Wildman–Crippen LogP) is 5.57. The molecule has 152 valence electrons. The zero-order chi connectivity index (χ0) is 21.1. The van der Waals surface area contributed by atoms with E-state index in [0.717, 1.165) is 17.8 Å². The molecule has 4 nitrogen and oxygen atoms in total. The lowest BCUT2D eigenvalue weighted by Gasteiger charge is -2.34. The molecular weight excluding hydrogens is 409 g/mol. The Kier molecular flexibility index (Phi) is 7.07. The van der Waals surface area contributed by atoms with Crippen molar-refractivity contribution in [3.63, 3.8) is 0 Å². The number of hydrogen-bond donors (Lipinski definition) is 2. The number of nitrogens with zero attached hydrogens (tertiary/aromatic N) is 2. The highest BCUT2D eigenvalue weighted by Gasteiger charge is 2.37. The van der Waals surface area contributed by atoms with Crippen molar-refractivity contribution in [2.24, 2.45) is 10.4 Å². The maximum atomic E-state index is 13.8. The first-order valence-corrected chi connectivity index (χ1v) is 10.2. The minimum absolute atomic E-state index is 0.00260. The number of hydrogen-bond acceptors (Lipinski definition) is 4. The van der Waals surface area contributed by atoms with E-state index in [0.29, 0.717) is 18.5 Å². The molecule has 0 bridgehead atoms. The number of nitrogens with one attached hydrogen (secondary N) is 2. The van der Waals surface area contributed by atoms with E-state index in [1.165, 1.54) is 6.07 Å². The molecule has 0 aliphatic carbocycles. The summed E-state index contributed by atoms with van der Waals surface area (Å²) in [5.41, 5.74) is -0.349. The Morgan fingerprint density at radius 1 is 1.36 bits per heavy atom. The van der Waals surface area contributed by atoms with Gasteiger partial charge in [-0.3, -0.25) is 5.32 Å². The van der Waals surface area contributed by atoms with Crippen LogP contribution in [0.1, 0.15) is 38.3 Å². The fourth-order valence-corrected chi connectivity index (χ4v) is 3.65. The largest absolute Gasteiger partial charge is 0.417 e. The van der Waals surface area contributed by atoms with Gasteiger partial charge in [-0.2, -0.15) is 18.4 Å². The number of alkyl halides is 3. The fraction of sp³-hybridized carbons (Fsp3) is 0.474. The van der Waals surface area contributed by atoms with Crippen LogP contribution in [0.5, 0.6) is 0 Å². The number of thioether (sulfide) groups is 1. The highest BCUT2D eigenvalue weighted by Crippen LogP contribution is 2.43. The van der Waals surface area contributed by atoms with Crippen molar-refractivity contribution in [1.82, 2.24) is 10.6 Å². The summed E-state index contributed by atoms with van der Waals surface area (Å²) in [6.45, 7) is 6.66. The number of benzene rings is 1. The van der Waals surface area contributed by atoms with E-state index < -0.39 is 11.7 Å². The van der Waals surface area contributed by atoms with Crippen molar-refractivity contribution in [3.05, 3.63) is 34.4 Å². The molecular formula is C19H22ClF3N4S. The summed E-state index contributed by atoms with van der Waals surface area (Å²) in [4.78, 5) is 4.07. The van der Waals surface area contributed by atoms with Crippen molar-refractivity contribution in [2.45, 2.75) is 39.4 Å². The first kappa shape index (κ1) is 22.6. The van der Waals surface area contributed by atoms with E-state index in [1.54, 1.807) is 12.4 Å². The van der Waals surface area contributed by atoms with Gasteiger partial charge in [0.25, 0.3) is 0 Å². The number of amidine groups is 1. The van der Waals surface area contributed by atoms with E-state index >= 15 is 0 Å². The fourth-order valence-electron chi connectivity index (χ4n) is 2.97. The van der Waals surface area contributed by atoms with Crippen LogP contribution in [-0.4, -0.2) is 24.0 Å². The smallest absolute Gasteiger partial charge is 0.310 e. The van der Waals surface area contributed by atoms with Gasteiger partial charge in [-0.25, -0.2) is 4.99 Å². The van der Waals surface area contributed by atoms with Crippen LogP contribution in [-0.2, 0) is 6.18 Å². The Balaban J connectivity index is 2.63. The summed E-state index contributed by atoms with van der Waals surface area (Å²) in [7, 11) is 0. The summed E-state index contributed by atoms with van der Waals surface area (Å²) in [5, 5.41) is 14.6. The van der Waals surface area contributed by atoms with Crippen LogP contribution < -0.4 is 10.6 Å². The van der Waals surface area contributed by atoms with Gasteiger partial charge in [0.15, 0.2) is 11.4 Å². The van der Waals surface area contributed by atoms with Gasteiger partial charge in [0, 0.05) is 11.6 Å². The third-order valence-electron chi connectivity index (χ3n) is 4.35. The average Bonchev–Trinajstić information content (AvgIpc) is 2.59. The second kappa shape index (κ2) is 8.76. The molecule has 0 fully saturated rings. The lowest BCUT2D eigenvalue weighted by Crippen LogP contribution is -2.41. The Hall–Kier alpha value is -1.69. The number of nitriles is 1. The molecule has 1 unspecified atom stereocenters. The molecule has 1 aliphatic heterocycles. The zero-order valence-corrected chi connectivity index (χ0v) is 17.6. The predicted molar refractivity (Wildman–Crippen MR) is 110 cm³/mol. The standard InChI is InChI=1S/C19H22ClF3N4S/c1-18(2,3)15-7-11(5-6-25-15)16-13(19(21,22)23)8-12(9-14(16)20)27-17(28-4)26-10-24/h7-9,15,25H,5-6H2,1-4H3,(H,26,27). The molecule has 1 aliphatic rings. The monoisotopic (exact) mass is 430 g/mol. The molecule has 1 atom stereocenters. The van der Waals surface area contributed by atoms with Gasteiger partial charge < -0.3 is 5.32 Å². The topological polar surface area (TPSA) is 60.2 Å². The van der Waals surface area contributed by atoms with Crippen LogP contribution in [0.25, 0.3) is 5.57 Å². The normalized spacial score (nSPS) is 18.5. The number of aliphatic imine (C=N–C) groups is 1. The minimum atomic E-state index is -4.59. The van der Waals surface area contributed by atoms with Gasteiger partial charge in [0.05, 0.1) is 16.3 Å². The van der Waals surface area contributed by atoms with Crippen LogP contribution in [0.15, 0.2) is 23.2 Å². The highest BCUT2D eigenvalue weighted by molar-refractivity contribution is 8.13. The molecule has 1 heterocycles. The van der Waals surface area contributed by atoms with Crippen molar-refractivity contribution < 1.29 is 13.2 Å². The van der Waals surface area contributed by atoms with Crippen LogP contribution in [0.3, 0.4) is 0 Å². The van der Waals surface area contributed by atoms with Crippen molar-refractivity contribution >= 4 is 39.8 Å². The quantitative estimate of drug-likeness (QED) is 0.278. The number of halogens is 4. The Morgan fingerprint density at radius 3 is 2.57 bits per heavy atom. The SMILES string of the molecule is CSC(=Nc1cc(Cl)c(C2=CC(C(C)(C)C)NCC2)c(C(F)(F)F)c1)NC#N. The second-order valence-electron chi connectivity index (χ2n) is 7.45. The summed E-state index contributed by atoms with van der Waals surface area (Å²) < 4.78 is 41.5. The van der Waals surface area contributed by atoms with E-state index in [2.05, 4.69) is 15.6 Å². The molecule has 1 aromatic rings. The molecule has 2 rings (SSSR count). The van der Waals surface area contributed by atoms with Gasteiger partial charge >= 0.3 is 6.18 Å². The van der Waals surface area contributed by atoms with Crippen LogP contribution in [0.4, 0.5) is 18.9 Å². The molecule has 0 aromatic heterocycles. The van der Waals surface area contributed by atoms with Gasteiger partial charge in [-0.1, -0.05) is 50.2 Å². The lowest BCUT2D eigenvalue weighted by molar-refractivity contribution is -0.137. The van der Waals surface area contributed by atoms with E-state index in [4.69, 9.17) is 16.9 Å². The molecule has 0 saturated carbocycles. The highest BCUT2D eigenvalue weighted by atomic mass is 35.5. The molecule has 0 spiro atoms. The van der Waals surface area contributed by atoms with Crippen LogP contribution in [0.2, 0.25) is 5.02 Å². The van der Waals surface area contributed by atoms with Crippen LogP contribution in [0, 0.1) is 16.9 Å². The molecule has 0 saturated heterocycles. The summed E-state index contributed by atoms with van der Waals surface area (Å²) >= 11 is 7.43. The maximum absolute atomic E-state index is 13.8. The zero-order valence-electron chi connectivity index (χ0n) is 16.0. The average molecular weight is 431 g/mol. The minimum Gasteiger partial charge on any atom is -0.310 e. The second-order valence-corrected chi connectivity index (χ2v) is 8.65. The molecule has 9 heteroatoms. The molecule has 0 amide bonds. The van der Waals surface area contributed by atoms with Crippen molar-refractivity contribution in [1.29, 1.82) is 5.26 Å². The lowest BCUT2D eigenvalue weighted by atomic mass is 9.82. The van der Waals surface area contributed by atoms with Gasteiger partial charge in [0.1, 0.15) is 0 Å². The first-order chi connectivity index (χ1) is 13.0. The Labute approximate surface area is 172 Å². The van der Waals surface area contributed by atoms with Gasteiger partial charge in [-0.05, 0) is 42.3 Å². The molecule has 2 N–H and O–H groups in total. The third-order valence-corrected chi connectivity index (χ3v) is 5.23. The number of rotatable bonds is 2. The van der Waals surface area contributed by atoms with Crippen molar-refractivity contribution in [2.75, 3.05) is 12.8 Å². The summed E-state index contributed by atoms with van der Waals surface area (Å²) in [5.74, 6) is 0. The Morgan fingerprint density at radius 2 is 2.04 bits per heavy atom. The van der Waals surface area contributed by atoms with Gasteiger partial charge in [-0.15, -0.1) is 0 Å². The van der Waals surface area contributed by atoms with Crippen LogP contribution >= 0.6 is 23.4 Å².